The Morgan fingerprint density at radius 2 is 1.93 bits per heavy atom. The minimum absolute atomic E-state index is 0.0985. The molecule has 7 nitrogen and oxygen atoms in total. The molecule has 1 heterocycles. The van der Waals surface area contributed by atoms with E-state index in [0.717, 1.165) is 6.08 Å². The molecule has 0 N–H and O–H groups in total. The molecule has 27 heavy (non-hydrogen) atoms. The van der Waals surface area contributed by atoms with Gasteiger partial charge in [0.2, 0.25) is 0 Å². The van der Waals surface area contributed by atoms with E-state index in [1.165, 1.54) is 30.3 Å². The zero-order chi connectivity index (χ0) is 19.4. The number of benzene rings is 2. The summed E-state index contributed by atoms with van der Waals surface area (Å²) < 4.78 is 32.3. The van der Waals surface area contributed by atoms with Crippen LogP contribution in [0, 0.1) is 10.1 Å². The Labute approximate surface area is 151 Å². The summed E-state index contributed by atoms with van der Waals surface area (Å²) in [5.74, 6) is -0.931. The number of imidazole rings is 1. The second-order valence-electron chi connectivity index (χ2n) is 5.42. The Morgan fingerprint density at radius 3 is 2.67 bits per heavy atom. The van der Waals surface area contributed by atoms with E-state index in [9.17, 15) is 23.7 Å². The van der Waals surface area contributed by atoms with Crippen molar-refractivity contribution in [3.63, 3.8) is 0 Å². The van der Waals surface area contributed by atoms with Crippen molar-refractivity contribution in [3.05, 3.63) is 76.1 Å². The van der Waals surface area contributed by atoms with Gasteiger partial charge in [-0.15, -0.1) is 0 Å². The summed E-state index contributed by atoms with van der Waals surface area (Å²) in [7, 11) is 0. The van der Waals surface area contributed by atoms with E-state index in [2.05, 4.69) is 4.98 Å². The van der Waals surface area contributed by atoms with Crippen LogP contribution >= 0.6 is 0 Å². The van der Waals surface area contributed by atoms with Crippen LogP contribution in [0.5, 0.6) is 0 Å². The third kappa shape index (κ3) is 3.97. The number of rotatable bonds is 6. The Morgan fingerprint density at radius 1 is 1.22 bits per heavy atom. The summed E-state index contributed by atoms with van der Waals surface area (Å²) in [4.78, 5) is 26.3. The molecular formula is C18H13F2N3O4. The minimum atomic E-state index is -2.84. The molecule has 9 heteroatoms. The van der Waals surface area contributed by atoms with Gasteiger partial charge in [0.05, 0.1) is 21.5 Å². The largest absolute Gasteiger partial charge is 0.454 e. The van der Waals surface area contributed by atoms with Gasteiger partial charge in [-0.2, -0.15) is 8.78 Å². The quantitative estimate of drug-likeness (QED) is 0.281. The van der Waals surface area contributed by atoms with Crippen LogP contribution in [0.4, 0.5) is 14.5 Å². The van der Waals surface area contributed by atoms with Gasteiger partial charge in [-0.1, -0.05) is 24.3 Å². The molecule has 0 spiro atoms. The fourth-order valence-corrected chi connectivity index (χ4v) is 2.55. The van der Waals surface area contributed by atoms with Crippen molar-refractivity contribution in [2.24, 2.45) is 0 Å². The number of fused-ring (bicyclic) bond motifs is 1. The highest BCUT2D eigenvalue weighted by atomic mass is 19.3. The standard InChI is InChI=1S/C18H13F2N3O4/c19-18(20)22-15-8-4-2-6-13(15)21-16(22)11-27-17(24)10-9-12-5-1-3-7-14(12)23(25)26/h1-10,18H,11H2/b10-9+. The number of nitro groups is 1. The van der Waals surface area contributed by atoms with Crippen molar-refractivity contribution in [2.75, 3.05) is 0 Å². The third-order valence-corrected chi connectivity index (χ3v) is 3.74. The first kappa shape index (κ1) is 18.2. The number of para-hydroxylation sites is 3. The Balaban J connectivity index is 1.74. The Kier molecular flexibility index (Phi) is 5.20. The topological polar surface area (TPSA) is 87.3 Å². The molecule has 1 aromatic heterocycles. The lowest BCUT2D eigenvalue weighted by Crippen LogP contribution is -2.09. The second-order valence-corrected chi connectivity index (χ2v) is 5.42. The van der Waals surface area contributed by atoms with Crippen LogP contribution in [0.15, 0.2) is 54.6 Å². The molecule has 3 rings (SSSR count). The van der Waals surface area contributed by atoms with Gasteiger partial charge < -0.3 is 4.74 Å². The number of esters is 1. The van der Waals surface area contributed by atoms with Crippen molar-refractivity contribution >= 4 is 28.8 Å². The lowest BCUT2D eigenvalue weighted by molar-refractivity contribution is -0.385. The number of hydrogen-bond donors (Lipinski definition) is 0. The van der Waals surface area contributed by atoms with Crippen LogP contribution < -0.4 is 0 Å². The Bertz CT molecular complexity index is 1030. The van der Waals surface area contributed by atoms with Gasteiger partial charge in [0.15, 0.2) is 5.82 Å². The van der Waals surface area contributed by atoms with Crippen molar-refractivity contribution in [1.29, 1.82) is 0 Å². The smallest absolute Gasteiger partial charge is 0.331 e. The summed E-state index contributed by atoms with van der Waals surface area (Å²) in [5.41, 5.74) is 0.647. The van der Waals surface area contributed by atoms with Gasteiger partial charge in [0, 0.05) is 12.1 Å². The molecule has 0 atom stereocenters. The van der Waals surface area contributed by atoms with Gasteiger partial charge >= 0.3 is 12.5 Å². The van der Waals surface area contributed by atoms with Gasteiger partial charge in [-0.3, -0.25) is 14.7 Å². The number of ether oxygens (including phenoxy) is 1. The maximum absolute atomic E-state index is 13.3. The van der Waals surface area contributed by atoms with Gasteiger partial charge in [0.1, 0.15) is 6.61 Å². The molecule has 0 saturated heterocycles. The van der Waals surface area contributed by atoms with E-state index in [1.54, 1.807) is 24.3 Å². The first-order chi connectivity index (χ1) is 13.0. The van der Waals surface area contributed by atoms with Crippen molar-refractivity contribution in [2.45, 2.75) is 13.2 Å². The number of alkyl halides is 2. The zero-order valence-electron chi connectivity index (χ0n) is 13.8. The summed E-state index contributed by atoms with van der Waals surface area (Å²) in [6, 6.07) is 12.2. The van der Waals surface area contributed by atoms with E-state index in [1.807, 2.05) is 0 Å². The van der Waals surface area contributed by atoms with Crippen LogP contribution in [0.1, 0.15) is 17.9 Å². The highest BCUT2D eigenvalue weighted by molar-refractivity contribution is 5.88. The second kappa shape index (κ2) is 7.73. The van der Waals surface area contributed by atoms with Crippen LogP contribution in [-0.2, 0) is 16.1 Å². The van der Waals surface area contributed by atoms with E-state index in [-0.39, 0.29) is 22.6 Å². The number of carbonyl (C=O) groups excluding carboxylic acids is 1. The molecular weight excluding hydrogens is 360 g/mol. The van der Waals surface area contributed by atoms with Crippen molar-refractivity contribution in [1.82, 2.24) is 9.55 Å². The lowest BCUT2D eigenvalue weighted by atomic mass is 10.1. The van der Waals surface area contributed by atoms with E-state index in [0.29, 0.717) is 10.1 Å². The molecule has 138 valence electrons. The number of carbonyl (C=O) groups is 1. The van der Waals surface area contributed by atoms with Crippen molar-refractivity contribution < 1.29 is 23.2 Å². The minimum Gasteiger partial charge on any atom is -0.454 e. The first-order valence-corrected chi connectivity index (χ1v) is 7.79. The monoisotopic (exact) mass is 373 g/mol. The predicted molar refractivity (Wildman–Crippen MR) is 92.9 cm³/mol. The van der Waals surface area contributed by atoms with Crippen LogP contribution in [-0.4, -0.2) is 20.4 Å². The highest BCUT2D eigenvalue weighted by Crippen LogP contribution is 2.23. The van der Waals surface area contributed by atoms with Crippen LogP contribution in [0.25, 0.3) is 17.1 Å². The fraction of sp³-hybridized carbons (Fsp3) is 0.111. The van der Waals surface area contributed by atoms with Crippen molar-refractivity contribution in [3.8, 4) is 0 Å². The predicted octanol–water partition coefficient (Wildman–Crippen LogP) is 4.10. The molecule has 0 fully saturated rings. The summed E-state index contributed by atoms with van der Waals surface area (Å²) in [6.07, 6.45) is 2.23. The average Bonchev–Trinajstić information content (AvgIpc) is 3.03. The number of hydrogen-bond acceptors (Lipinski definition) is 5. The maximum Gasteiger partial charge on any atom is 0.331 e. The number of halogens is 2. The number of nitro benzene ring substituents is 1. The molecule has 0 unspecified atom stereocenters. The Hall–Kier alpha value is -3.62. The molecule has 0 aliphatic carbocycles. The fourth-order valence-electron chi connectivity index (χ4n) is 2.55. The zero-order valence-corrected chi connectivity index (χ0v) is 13.8. The maximum atomic E-state index is 13.3. The number of nitrogens with zero attached hydrogens (tertiary/aromatic N) is 3. The van der Waals surface area contributed by atoms with Gasteiger partial charge in [-0.25, -0.2) is 9.78 Å². The van der Waals surface area contributed by atoms with Gasteiger partial charge in [-0.05, 0) is 24.3 Å². The van der Waals surface area contributed by atoms with E-state index in [4.69, 9.17) is 4.74 Å². The summed E-state index contributed by atoms with van der Waals surface area (Å²) in [5, 5.41) is 10.9. The summed E-state index contributed by atoms with van der Waals surface area (Å²) in [6.45, 7) is -3.30. The molecule has 0 radical (unpaired) electrons. The molecule has 0 aliphatic rings. The van der Waals surface area contributed by atoms with Crippen LogP contribution in [0.2, 0.25) is 0 Å². The molecule has 0 amide bonds. The van der Waals surface area contributed by atoms with E-state index < -0.39 is 24.0 Å². The van der Waals surface area contributed by atoms with Crippen LogP contribution in [0.3, 0.4) is 0 Å². The third-order valence-electron chi connectivity index (χ3n) is 3.74. The number of aromatic nitrogens is 2. The highest BCUT2D eigenvalue weighted by Gasteiger charge is 2.18. The molecule has 3 aromatic rings. The average molecular weight is 373 g/mol. The molecule has 0 saturated carbocycles. The summed E-state index contributed by atoms with van der Waals surface area (Å²) >= 11 is 0. The molecule has 0 aliphatic heterocycles. The first-order valence-electron chi connectivity index (χ1n) is 7.79. The molecule has 0 bridgehead atoms. The van der Waals surface area contributed by atoms with E-state index >= 15 is 0 Å². The normalized spacial score (nSPS) is 11.4. The lowest BCUT2D eigenvalue weighted by Gasteiger charge is -2.07. The molecule has 2 aromatic carbocycles. The van der Waals surface area contributed by atoms with Gasteiger partial charge in [0.25, 0.3) is 5.69 Å². The SMILES string of the molecule is O=C(/C=C/c1ccccc1[N+](=O)[O-])OCc1nc2ccccc2n1C(F)F.